The lowest BCUT2D eigenvalue weighted by atomic mass is 9.95. The quantitative estimate of drug-likeness (QED) is 0.411. The highest BCUT2D eigenvalue weighted by Gasteiger charge is 2.14. The third-order valence-electron chi connectivity index (χ3n) is 5.24. The van der Waals surface area contributed by atoms with Crippen LogP contribution in [0, 0.1) is 12.3 Å². The molecule has 3 N–H and O–H groups in total. The van der Waals surface area contributed by atoms with Crippen molar-refractivity contribution in [2.75, 3.05) is 37.9 Å². The van der Waals surface area contributed by atoms with Gasteiger partial charge in [-0.2, -0.15) is 0 Å². The van der Waals surface area contributed by atoms with Gasteiger partial charge < -0.3 is 20.7 Å². The van der Waals surface area contributed by atoms with E-state index in [9.17, 15) is 4.79 Å². The molecular formula is C25H28N6O2. The summed E-state index contributed by atoms with van der Waals surface area (Å²) in [6.07, 6.45) is 9.40. The number of rotatable bonds is 10. The summed E-state index contributed by atoms with van der Waals surface area (Å²) in [5, 5.41) is 9.03. The third kappa shape index (κ3) is 6.20. The van der Waals surface area contributed by atoms with Crippen molar-refractivity contribution in [3.63, 3.8) is 0 Å². The molecule has 170 valence electrons. The van der Waals surface area contributed by atoms with Crippen molar-refractivity contribution in [1.82, 2.24) is 20.3 Å². The van der Waals surface area contributed by atoms with Gasteiger partial charge in [0.2, 0.25) is 0 Å². The number of carbonyl (C=O) groups excluding carboxylic acids is 1. The van der Waals surface area contributed by atoms with Gasteiger partial charge in [0.25, 0.3) is 5.91 Å². The minimum Gasteiger partial charge on any atom is -0.496 e. The zero-order valence-corrected chi connectivity index (χ0v) is 19.1. The second-order valence-corrected chi connectivity index (χ2v) is 7.43. The Bertz CT molecular complexity index is 1120. The predicted molar refractivity (Wildman–Crippen MR) is 130 cm³/mol. The lowest BCUT2D eigenvalue weighted by Gasteiger charge is -2.17. The normalized spacial score (nSPS) is 11.2. The Morgan fingerprint density at radius 1 is 1.12 bits per heavy atom. The van der Waals surface area contributed by atoms with Crippen molar-refractivity contribution < 1.29 is 9.53 Å². The van der Waals surface area contributed by atoms with E-state index in [-0.39, 0.29) is 11.8 Å². The highest BCUT2D eigenvalue weighted by atomic mass is 16.5. The van der Waals surface area contributed by atoms with Gasteiger partial charge in [-0.25, -0.2) is 15.0 Å². The lowest BCUT2D eigenvalue weighted by molar-refractivity contribution is 0.0962. The molecule has 0 spiro atoms. The van der Waals surface area contributed by atoms with Crippen molar-refractivity contribution in [2.45, 2.75) is 19.3 Å². The number of nitrogens with one attached hydrogen (secondary N) is 3. The fourth-order valence-corrected chi connectivity index (χ4v) is 3.38. The molecule has 1 amide bonds. The number of carbonyl (C=O) groups is 1. The van der Waals surface area contributed by atoms with Gasteiger partial charge in [-0.05, 0) is 42.2 Å². The number of hydrogen-bond acceptors (Lipinski definition) is 7. The monoisotopic (exact) mass is 444 g/mol. The van der Waals surface area contributed by atoms with Crippen LogP contribution in [-0.4, -0.2) is 48.1 Å². The Hall–Kier alpha value is -4.12. The van der Waals surface area contributed by atoms with Gasteiger partial charge >= 0.3 is 0 Å². The Morgan fingerprint density at radius 3 is 2.67 bits per heavy atom. The summed E-state index contributed by atoms with van der Waals surface area (Å²) < 4.78 is 5.52. The van der Waals surface area contributed by atoms with E-state index in [1.54, 1.807) is 26.4 Å². The summed E-state index contributed by atoms with van der Waals surface area (Å²) in [7, 11) is 3.23. The van der Waals surface area contributed by atoms with Crippen molar-refractivity contribution in [3.8, 4) is 29.4 Å². The zero-order chi connectivity index (χ0) is 23.6. The smallest absolute Gasteiger partial charge is 0.251 e. The van der Waals surface area contributed by atoms with E-state index in [4.69, 9.17) is 11.2 Å². The van der Waals surface area contributed by atoms with Crippen LogP contribution in [0.25, 0.3) is 11.3 Å². The number of anilines is 2. The van der Waals surface area contributed by atoms with Crippen LogP contribution in [0.4, 0.5) is 11.6 Å². The summed E-state index contributed by atoms with van der Waals surface area (Å²) in [4.78, 5) is 24.9. The van der Waals surface area contributed by atoms with Gasteiger partial charge in [0, 0.05) is 37.0 Å². The molecule has 0 saturated carbocycles. The molecule has 8 nitrogen and oxygen atoms in total. The molecule has 33 heavy (non-hydrogen) atoms. The van der Waals surface area contributed by atoms with Crippen molar-refractivity contribution in [3.05, 3.63) is 60.0 Å². The maximum absolute atomic E-state index is 11.9. The number of methoxy groups -OCH3 is 1. The SMILES string of the molecule is C#CCNc1ccc(-c2cc(NCCC(C)c3ccc(C(=O)NC)cc3OC)ncn2)cn1. The number of ether oxygens (including phenoxy) is 1. The van der Waals surface area contributed by atoms with E-state index in [0.717, 1.165) is 34.9 Å². The van der Waals surface area contributed by atoms with Crippen LogP contribution in [0.2, 0.25) is 0 Å². The van der Waals surface area contributed by atoms with Crippen LogP contribution < -0.4 is 20.7 Å². The van der Waals surface area contributed by atoms with Crippen LogP contribution >= 0.6 is 0 Å². The van der Waals surface area contributed by atoms with Gasteiger partial charge in [0.05, 0.1) is 19.3 Å². The number of nitrogens with zero attached hydrogens (tertiary/aromatic N) is 3. The van der Waals surface area contributed by atoms with Gasteiger partial charge in [-0.15, -0.1) is 6.42 Å². The average Bonchev–Trinajstić information content (AvgIpc) is 2.87. The average molecular weight is 445 g/mol. The number of benzene rings is 1. The summed E-state index contributed by atoms with van der Waals surface area (Å²) in [6, 6.07) is 11.2. The van der Waals surface area contributed by atoms with Gasteiger partial charge in [0.15, 0.2) is 0 Å². The van der Waals surface area contributed by atoms with Crippen LogP contribution in [0.3, 0.4) is 0 Å². The van der Waals surface area contributed by atoms with E-state index in [1.165, 1.54) is 6.33 Å². The van der Waals surface area contributed by atoms with Crippen molar-refractivity contribution in [1.29, 1.82) is 0 Å². The minimum atomic E-state index is -0.137. The summed E-state index contributed by atoms with van der Waals surface area (Å²) in [6.45, 7) is 3.27. The Balaban J connectivity index is 1.61. The minimum absolute atomic E-state index is 0.137. The van der Waals surface area contributed by atoms with Gasteiger partial charge in [-0.3, -0.25) is 4.79 Å². The Labute approximate surface area is 194 Å². The number of amides is 1. The molecule has 0 fully saturated rings. The fourth-order valence-electron chi connectivity index (χ4n) is 3.38. The van der Waals surface area contributed by atoms with E-state index in [0.29, 0.717) is 24.4 Å². The molecule has 0 radical (unpaired) electrons. The van der Waals surface area contributed by atoms with E-state index < -0.39 is 0 Å². The second kappa shape index (κ2) is 11.5. The first-order valence-electron chi connectivity index (χ1n) is 10.7. The van der Waals surface area contributed by atoms with E-state index >= 15 is 0 Å². The van der Waals surface area contributed by atoms with Crippen molar-refractivity contribution >= 4 is 17.5 Å². The topological polar surface area (TPSA) is 101 Å². The lowest BCUT2D eigenvalue weighted by Crippen LogP contribution is -2.18. The zero-order valence-electron chi connectivity index (χ0n) is 19.1. The molecule has 3 aromatic rings. The van der Waals surface area contributed by atoms with E-state index in [1.807, 2.05) is 30.3 Å². The molecule has 0 saturated heterocycles. The van der Waals surface area contributed by atoms with Crippen LogP contribution in [0.1, 0.15) is 35.2 Å². The van der Waals surface area contributed by atoms with Crippen molar-refractivity contribution in [2.24, 2.45) is 0 Å². The Morgan fingerprint density at radius 2 is 1.97 bits per heavy atom. The van der Waals surface area contributed by atoms with Crippen LogP contribution in [0.15, 0.2) is 48.9 Å². The first-order chi connectivity index (χ1) is 16.0. The van der Waals surface area contributed by atoms with Gasteiger partial charge in [0.1, 0.15) is 23.7 Å². The number of hydrogen-bond donors (Lipinski definition) is 3. The molecule has 0 aliphatic carbocycles. The summed E-state index contributed by atoms with van der Waals surface area (Å²) in [5.41, 5.74) is 3.30. The molecule has 2 aromatic heterocycles. The second-order valence-electron chi connectivity index (χ2n) is 7.43. The van der Waals surface area contributed by atoms with Crippen LogP contribution in [0.5, 0.6) is 5.75 Å². The van der Waals surface area contributed by atoms with Gasteiger partial charge in [-0.1, -0.05) is 18.9 Å². The molecule has 3 rings (SSSR count). The number of aromatic nitrogens is 3. The Kier molecular flexibility index (Phi) is 8.19. The molecule has 0 bridgehead atoms. The highest BCUT2D eigenvalue weighted by Crippen LogP contribution is 2.30. The van der Waals surface area contributed by atoms with Crippen LogP contribution in [-0.2, 0) is 0 Å². The molecule has 2 heterocycles. The number of terminal acetylenes is 1. The maximum atomic E-state index is 11.9. The molecule has 1 unspecified atom stereocenters. The fraction of sp³-hybridized carbons (Fsp3) is 0.280. The standard InChI is InChI=1S/C25H28N6O2/c1-5-11-27-23-9-7-19(15-29-23)21-14-24(31-16-30-21)28-12-10-17(2)20-8-6-18(25(32)26-3)13-22(20)33-4/h1,6-9,13-17H,10-12H2,2-4H3,(H,26,32)(H,27,29)(H,28,30,31). The molecule has 8 heteroatoms. The largest absolute Gasteiger partial charge is 0.496 e. The molecular weight excluding hydrogens is 416 g/mol. The first-order valence-corrected chi connectivity index (χ1v) is 10.7. The predicted octanol–water partition coefficient (Wildman–Crippen LogP) is 3.56. The first kappa shape index (κ1) is 23.5. The molecule has 0 aliphatic heterocycles. The summed E-state index contributed by atoms with van der Waals surface area (Å²) in [5.74, 6) is 4.77. The maximum Gasteiger partial charge on any atom is 0.251 e. The third-order valence-corrected chi connectivity index (χ3v) is 5.24. The van der Waals surface area contributed by atoms with E-state index in [2.05, 4.69) is 43.7 Å². The molecule has 1 atom stereocenters. The number of pyridine rings is 1. The highest BCUT2D eigenvalue weighted by molar-refractivity contribution is 5.94. The molecule has 0 aliphatic rings. The summed E-state index contributed by atoms with van der Waals surface area (Å²) >= 11 is 0. The molecule has 1 aromatic carbocycles.